The first-order valence-corrected chi connectivity index (χ1v) is 19.6. The van der Waals surface area contributed by atoms with Crippen LogP contribution in [0.15, 0.2) is 0 Å². The summed E-state index contributed by atoms with van der Waals surface area (Å²) in [6, 6.07) is 0. The highest BCUT2D eigenvalue weighted by molar-refractivity contribution is 5.69. The van der Waals surface area contributed by atoms with Crippen molar-refractivity contribution < 1.29 is 52.2 Å². The molecule has 0 spiro atoms. The third-order valence-corrected chi connectivity index (χ3v) is 7.80. The van der Waals surface area contributed by atoms with Gasteiger partial charge in [-0.25, -0.2) is 0 Å². The number of esters is 1. The first-order chi connectivity index (χ1) is 24.3. The molecular formula is C38H76O11. The fourth-order valence-electron chi connectivity index (χ4n) is 4.87. The quantitative estimate of drug-likeness (QED) is 0.0484. The van der Waals surface area contributed by atoms with Crippen molar-refractivity contribution in [3.8, 4) is 0 Å². The van der Waals surface area contributed by atoms with Gasteiger partial charge in [0.2, 0.25) is 0 Å². The molecule has 0 saturated heterocycles. The lowest BCUT2D eigenvalue weighted by atomic mass is 10.0. The van der Waals surface area contributed by atoms with Crippen molar-refractivity contribution >= 4 is 5.97 Å². The number of hydrogen-bond donors (Lipinski definition) is 0. The Kier molecular flexibility index (Phi) is 44.3. The molecule has 11 nitrogen and oxygen atoms in total. The molecule has 0 saturated carbocycles. The number of carbonyl (C=O) groups is 1. The van der Waals surface area contributed by atoms with E-state index in [1.54, 1.807) is 0 Å². The molecular weight excluding hydrogens is 632 g/mol. The van der Waals surface area contributed by atoms with Crippen LogP contribution >= 0.6 is 0 Å². The Morgan fingerprint density at radius 3 is 0.796 bits per heavy atom. The van der Waals surface area contributed by atoms with Gasteiger partial charge in [0, 0.05) is 6.61 Å². The van der Waals surface area contributed by atoms with Crippen LogP contribution in [0, 0.1) is 0 Å². The number of unbranched alkanes of at least 4 members (excludes halogenated alkanes) is 15. The molecule has 0 aromatic heterocycles. The van der Waals surface area contributed by atoms with Crippen LogP contribution < -0.4 is 0 Å². The molecule has 0 rings (SSSR count). The Morgan fingerprint density at radius 1 is 0.306 bits per heavy atom. The van der Waals surface area contributed by atoms with E-state index in [9.17, 15) is 4.79 Å². The maximum Gasteiger partial charge on any atom is 0.307 e. The average molecular weight is 709 g/mol. The van der Waals surface area contributed by atoms with Gasteiger partial charge in [-0.15, -0.1) is 0 Å². The lowest BCUT2D eigenvalue weighted by Crippen LogP contribution is -2.15. The van der Waals surface area contributed by atoms with Crippen LogP contribution in [0.2, 0.25) is 0 Å². The molecule has 0 bridgehead atoms. The average Bonchev–Trinajstić information content (AvgIpc) is 3.11. The van der Waals surface area contributed by atoms with Crippen LogP contribution in [0.1, 0.15) is 116 Å². The second kappa shape index (κ2) is 45.1. The van der Waals surface area contributed by atoms with Gasteiger partial charge < -0.3 is 47.4 Å². The van der Waals surface area contributed by atoms with Crippen LogP contribution in [0.4, 0.5) is 0 Å². The zero-order valence-corrected chi connectivity index (χ0v) is 31.7. The molecule has 0 aromatic carbocycles. The van der Waals surface area contributed by atoms with Gasteiger partial charge in [-0.2, -0.15) is 0 Å². The monoisotopic (exact) mass is 709 g/mol. The van der Waals surface area contributed by atoms with E-state index in [0.717, 1.165) is 13.0 Å². The summed E-state index contributed by atoms with van der Waals surface area (Å²) in [6.45, 7) is 11.9. The van der Waals surface area contributed by atoms with E-state index >= 15 is 0 Å². The largest absolute Gasteiger partial charge is 0.469 e. The molecule has 0 N–H and O–H groups in total. The molecule has 0 atom stereocenters. The zero-order valence-electron chi connectivity index (χ0n) is 31.7. The number of ether oxygens (including phenoxy) is 10. The van der Waals surface area contributed by atoms with Crippen LogP contribution in [-0.2, 0) is 52.2 Å². The summed E-state index contributed by atoms with van der Waals surface area (Å²) in [6.07, 6.45) is 22.4. The van der Waals surface area contributed by atoms with Crippen LogP contribution in [0.5, 0.6) is 0 Å². The Morgan fingerprint density at radius 2 is 0.531 bits per heavy atom. The van der Waals surface area contributed by atoms with E-state index in [1.165, 1.54) is 103 Å². The molecule has 0 fully saturated rings. The SMILES string of the molecule is CCCCCCCCCCCCCCCCCCOCCOCCOCCOCCOCCOCCOCCOCCOCCC(=O)OC. The fraction of sp³-hybridized carbons (Fsp3) is 0.974. The van der Waals surface area contributed by atoms with Crippen molar-refractivity contribution in [3.05, 3.63) is 0 Å². The van der Waals surface area contributed by atoms with E-state index in [2.05, 4.69) is 11.7 Å². The number of carbonyl (C=O) groups excluding carboxylic acids is 1. The normalized spacial score (nSPS) is 11.5. The zero-order chi connectivity index (χ0) is 35.4. The second-order valence-corrected chi connectivity index (χ2v) is 12.1. The lowest BCUT2D eigenvalue weighted by molar-refractivity contribution is -0.141. The fourth-order valence-corrected chi connectivity index (χ4v) is 4.87. The van der Waals surface area contributed by atoms with Crippen molar-refractivity contribution in [2.24, 2.45) is 0 Å². The highest BCUT2D eigenvalue weighted by Gasteiger charge is 2.00. The molecule has 0 aliphatic rings. The van der Waals surface area contributed by atoms with Gasteiger partial charge in [-0.3, -0.25) is 4.79 Å². The second-order valence-electron chi connectivity index (χ2n) is 12.1. The van der Waals surface area contributed by atoms with E-state index in [-0.39, 0.29) is 12.4 Å². The molecule has 294 valence electrons. The minimum Gasteiger partial charge on any atom is -0.469 e. The molecule has 0 unspecified atom stereocenters. The van der Waals surface area contributed by atoms with Crippen molar-refractivity contribution in [1.82, 2.24) is 0 Å². The summed E-state index contributed by atoms with van der Waals surface area (Å²) < 4.78 is 53.9. The minimum atomic E-state index is -0.279. The first-order valence-electron chi connectivity index (χ1n) is 19.6. The van der Waals surface area contributed by atoms with E-state index in [4.69, 9.17) is 42.6 Å². The summed E-state index contributed by atoms with van der Waals surface area (Å²) in [4.78, 5) is 10.9. The molecule has 0 amide bonds. The van der Waals surface area contributed by atoms with Crippen LogP contribution in [0.3, 0.4) is 0 Å². The molecule has 49 heavy (non-hydrogen) atoms. The summed E-state index contributed by atoms with van der Waals surface area (Å²) in [7, 11) is 1.36. The molecule has 11 heteroatoms. The molecule has 0 radical (unpaired) electrons. The summed E-state index contributed by atoms with van der Waals surface area (Å²) >= 11 is 0. The van der Waals surface area contributed by atoms with Crippen molar-refractivity contribution in [3.63, 3.8) is 0 Å². The molecule has 0 heterocycles. The Labute approximate surface area is 300 Å². The Bertz CT molecular complexity index is 612. The van der Waals surface area contributed by atoms with Crippen LogP contribution in [0.25, 0.3) is 0 Å². The van der Waals surface area contributed by atoms with Crippen LogP contribution in [-0.4, -0.2) is 132 Å². The smallest absolute Gasteiger partial charge is 0.307 e. The van der Waals surface area contributed by atoms with E-state index < -0.39 is 0 Å². The maximum atomic E-state index is 10.9. The minimum absolute atomic E-state index is 0.251. The maximum absolute atomic E-state index is 10.9. The predicted octanol–water partition coefficient (Wildman–Crippen LogP) is 6.96. The topological polar surface area (TPSA) is 109 Å². The molecule has 0 aliphatic carbocycles. The van der Waals surface area contributed by atoms with Crippen molar-refractivity contribution in [2.75, 3.05) is 126 Å². The number of hydrogen-bond acceptors (Lipinski definition) is 11. The van der Waals surface area contributed by atoms with Gasteiger partial charge in [0.25, 0.3) is 0 Å². The van der Waals surface area contributed by atoms with Gasteiger partial charge in [0.15, 0.2) is 0 Å². The lowest BCUT2D eigenvalue weighted by Gasteiger charge is -2.09. The van der Waals surface area contributed by atoms with E-state index in [0.29, 0.717) is 112 Å². The van der Waals surface area contributed by atoms with E-state index in [1.807, 2.05) is 0 Å². The van der Waals surface area contributed by atoms with Crippen molar-refractivity contribution in [1.29, 1.82) is 0 Å². The van der Waals surface area contributed by atoms with Gasteiger partial charge in [-0.05, 0) is 6.42 Å². The van der Waals surface area contributed by atoms with Gasteiger partial charge in [-0.1, -0.05) is 103 Å². The Balaban J connectivity index is 3.05. The van der Waals surface area contributed by atoms with Gasteiger partial charge in [0.05, 0.1) is 126 Å². The van der Waals surface area contributed by atoms with Crippen molar-refractivity contribution in [2.45, 2.75) is 116 Å². The summed E-state index contributed by atoms with van der Waals surface area (Å²) in [5.41, 5.74) is 0. The summed E-state index contributed by atoms with van der Waals surface area (Å²) in [5.74, 6) is -0.279. The highest BCUT2D eigenvalue weighted by Crippen LogP contribution is 2.13. The van der Waals surface area contributed by atoms with Gasteiger partial charge >= 0.3 is 5.97 Å². The third-order valence-electron chi connectivity index (χ3n) is 7.80. The number of methoxy groups -OCH3 is 1. The predicted molar refractivity (Wildman–Crippen MR) is 194 cm³/mol. The molecule has 0 aliphatic heterocycles. The molecule has 0 aromatic rings. The third kappa shape index (κ3) is 45.1. The first kappa shape index (κ1) is 48.1. The van der Waals surface area contributed by atoms with Gasteiger partial charge in [0.1, 0.15) is 0 Å². The summed E-state index contributed by atoms with van der Waals surface area (Å²) in [5, 5.41) is 0. The Hall–Kier alpha value is -0.890. The number of rotatable bonds is 44. The highest BCUT2D eigenvalue weighted by atomic mass is 16.6. The standard InChI is InChI=1S/C38H76O11/c1-3-4-5-6-7-8-9-10-11-12-13-14-15-16-17-18-20-41-22-24-43-26-28-45-30-32-47-34-36-49-37-35-48-33-31-46-29-27-44-25-23-42-21-19-38(39)40-2/h3-37H2,1-2H3.